The monoisotopic (exact) mass is 630 g/mol. The minimum absolute atomic E-state index is 0.0801. The van der Waals surface area contributed by atoms with Crippen LogP contribution in [0.25, 0.3) is 0 Å². The molecule has 232 valence electrons. The van der Waals surface area contributed by atoms with E-state index >= 15 is 0 Å². The molecule has 0 bridgehead atoms. The molecule has 11 heteroatoms. The van der Waals surface area contributed by atoms with E-state index < -0.39 is 59.0 Å². The van der Waals surface area contributed by atoms with E-state index in [4.69, 9.17) is 23.1 Å². The number of aryl methyl sites for hydroxylation is 1. The Morgan fingerprint density at radius 1 is 0.644 bits per heavy atom. The number of rotatable bonds is 10. The molecule has 1 fully saturated rings. The third-order valence-electron chi connectivity index (χ3n) is 7.00. The summed E-state index contributed by atoms with van der Waals surface area (Å²) in [5, 5.41) is 0. The van der Waals surface area contributed by atoms with Gasteiger partial charge in [-0.15, -0.1) is 0 Å². The van der Waals surface area contributed by atoms with Gasteiger partial charge < -0.3 is 18.9 Å². The number of esters is 3. The Morgan fingerprint density at radius 2 is 1.09 bits per heavy atom. The molecule has 1 heterocycles. The van der Waals surface area contributed by atoms with Crippen molar-refractivity contribution in [2.45, 2.75) is 36.2 Å². The summed E-state index contributed by atoms with van der Waals surface area (Å²) >= 11 is 0. The molecule has 0 amide bonds. The fraction of sp³-hybridized carbons (Fsp3) is 0.206. The van der Waals surface area contributed by atoms with Crippen LogP contribution in [-0.4, -0.2) is 64.0 Å². The van der Waals surface area contributed by atoms with Gasteiger partial charge in [-0.1, -0.05) is 72.3 Å². The molecule has 0 aliphatic carbocycles. The first-order chi connectivity index (χ1) is 21.7. The molecular formula is C34H30O10S. The van der Waals surface area contributed by atoms with E-state index in [-0.39, 0.29) is 28.2 Å². The van der Waals surface area contributed by atoms with Gasteiger partial charge in [0.15, 0.2) is 18.3 Å². The van der Waals surface area contributed by atoms with Crippen molar-refractivity contribution in [3.05, 3.63) is 138 Å². The van der Waals surface area contributed by atoms with Gasteiger partial charge in [0.25, 0.3) is 10.1 Å². The van der Waals surface area contributed by atoms with Gasteiger partial charge in [0.05, 0.1) is 34.8 Å². The summed E-state index contributed by atoms with van der Waals surface area (Å²) in [4.78, 5) is 39.5. The van der Waals surface area contributed by atoms with E-state index in [1.807, 2.05) is 6.92 Å². The van der Waals surface area contributed by atoms with Gasteiger partial charge in [-0.2, -0.15) is 8.42 Å². The van der Waals surface area contributed by atoms with Gasteiger partial charge in [0, 0.05) is 0 Å². The zero-order valence-electron chi connectivity index (χ0n) is 24.2. The van der Waals surface area contributed by atoms with E-state index in [1.165, 1.54) is 36.4 Å². The Morgan fingerprint density at radius 3 is 1.58 bits per heavy atom. The molecule has 1 saturated heterocycles. The van der Waals surface area contributed by atoms with E-state index in [0.29, 0.717) is 0 Å². The highest BCUT2D eigenvalue weighted by molar-refractivity contribution is 7.86. The molecule has 4 atom stereocenters. The van der Waals surface area contributed by atoms with Crippen molar-refractivity contribution in [2.75, 3.05) is 13.2 Å². The van der Waals surface area contributed by atoms with Gasteiger partial charge >= 0.3 is 17.9 Å². The van der Waals surface area contributed by atoms with Crippen molar-refractivity contribution < 1.29 is 45.9 Å². The van der Waals surface area contributed by atoms with Crippen LogP contribution in [0.4, 0.5) is 0 Å². The first-order valence-electron chi connectivity index (χ1n) is 14.1. The van der Waals surface area contributed by atoms with Crippen LogP contribution >= 0.6 is 0 Å². The lowest BCUT2D eigenvalue weighted by Crippen LogP contribution is -2.59. The fourth-order valence-electron chi connectivity index (χ4n) is 4.60. The van der Waals surface area contributed by atoms with Crippen LogP contribution in [-0.2, 0) is 33.2 Å². The Labute approximate surface area is 260 Å². The summed E-state index contributed by atoms with van der Waals surface area (Å²) < 4.78 is 54.7. The first-order valence-corrected chi connectivity index (χ1v) is 15.5. The maximum atomic E-state index is 13.3. The lowest BCUT2D eigenvalue weighted by molar-refractivity contribution is -0.195. The molecule has 0 saturated carbocycles. The normalized spacial score (nSPS) is 19.7. The quantitative estimate of drug-likeness (QED) is 0.137. The summed E-state index contributed by atoms with van der Waals surface area (Å²) in [5.74, 6) is -2.31. The summed E-state index contributed by atoms with van der Waals surface area (Å²) in [5.41, 5.74) is 1.47. The van der Waals surface area contributed by atoms with Gasteiger partial charge in [0.1, 0.15) is 6.10 Å². The van der Waals surface area contributed by atoms with Crippen LogP contribution in [0.2, 0.25) is 0 Å². The number of carbonyl (C=O) groups is 3. The SMILES string of the molecule is Cc1ccc(S(=O)(=O)OC[C@H]2OC[C@@H](OC(=O)c3ccccc3)[C@@H](OC(=O)c3ccccc3)[C@@H]2OC(=O)c2ccccc2)cc1. The molecule has 0 spiro atoms. The average molecular weight is 631 g/mol. The van der Waals surface area contributed by atoms with Crippen LogP contribution in [0.5, 0.6) is 0 Å². The molecule has 0 radical (unpaired) electrons. The van der Waals surface area contributed by atoms with Crippen molar-refractivity contribution >= 4 is 28.0 Å². The van der Waals surface area contributed by atoms with Gasteiger partial charge in [-0.3, -0.25) is 4.18 Å². The summed E-state index contributed by atoms with van der Waals surface area (Å²) in [6.07, 6.45) is -5.31. The topological polar surface area (TPSA) is 132 Å². The van der Waals surface area contributed by atoms with Crippen molar-refractivity contribution in [3.63, 3.8) is 0 Å². The second-order valence-electron chi connectivity index (χ2n) is 10.2. The van der Waals surface area contributed by atoms with Gasteiger partial charge in [-0.05, 0) is 55.5 Å². The molecule has 10 nitrogen and oxygen atoms in total. The molecule has 1 aliphatic rings. The predicted molar refractivity (Wildman–Crippen MR) is 161 cm³/mol. The van der Waals surface area contributed by atoms with Crippen LogP contribution in [0.1, 0.15) is 36.6 Å². The lowest BCUT2D eigenvalue weighted by Gasteiger charge is -2.40. The van der Waals surface area contributed by atoms with Crippen LogP contribution in [0.3, 0.4) is 0 Å². The second kappa shape index (κ2) is 14.3. The average Bonchev–Trinajstić information content (AvgIpc) is 3.07. The number of benzene rings is 4. The maximum Gasteiger partial charge on any atom is 0.338 e. The molecule has 4 aromatic rings. The van der Waals surface area contributed by atoms with Crippen LogP contribution in [0, 0.1) is 6.92 Å². The van der Waals surface area contributed by atoms with Crippen molar-refractivity contribution in [1.82, 2.24) is 0 Å². The largest absolute Gasteiger partial charge is 0.452 e. The minimum Gasteiger partial charge on any atom is -0.452 e. The highest BCUT2D eigenvalue weighted by Crippen LogP contribution is 2.28. The molecule has 5 rings (SSSR count). The number of hydrogen-bond acceptors (Lipinski definition) is 10. The van der Waals surface area contributed by atoms with Crippen molar-refractivity contribution in [3.8, 4) is 0 Å². The smallest absolute Gasteiger partial charge is 0.338 e. The molecule has 0 aromatic heterocycles. The standard InChI is InChI=1S/C34H30O10S/c1-23-17-19-27(20-18-23)45(38,39)41-22-28-30(43-33(36)25-13-7-3-8-14-25)31(44-34(37)26-15-9-4-10-16-26)29(21-40-28)42-32(35)24-11-5-2-6-12-24/h2-20,28-31H,21-22H2,1H3/t28-,29-,30-,31-/m1/s1. The second-order valence-corrected chi connectivity index (χ2v) is 11.8. The van der Waals surface area contributed by atoms with E-state index in [1.54, 1.807) is 78.9 Å². The third kappa shape index (κ3) is 8.01. The van der Waals surface area contributed by atoms with E-state index in [0.717, 1.165) is 5.56 Å². The summed E-state index contributed by atoms with van der Waals surface area (Å²) in [6.45, 7) is 0.904. The molecule has 1 aliphatic heterocycles. The summed E-state index contributed by atoms with van der Waals surface area (Å²) in [6, 6.07) is 30.4. The first kappa shape index (κ1) is 31.6. The highest BCUT2D eigenvalue weighted by Gasteiger charge is 2.48. The Bertz CT molecular complexity index is 1710. The maximum absolute atomic E-state index is 13.3. The van der Waals surface area contributed by atoms with Crippen LogP contribution < -0.4 is 0 Å². The van der Waals surface area contributed by atoms with Crippen molar-refractivity contribution in [2.24, 2.45) is 0 Å². The predicted octanol–water partition coefficient (Wildman–Crippen LogP) is 4.78. The molecule has 45 heavy (non-hydrogen) atoms. The fourth-order valence-corrected chi connectivity index (χ4v) is 5.52. The van der Waals surface area contributed by atoms with Gasteiger partial charge in [0.2, 0.25) is 0 Å². The zero-order valence-corrected chi connectivity index (χ0v) is 25.0. The summed E-state index contributed by atoms with van der Waals surface area (Å²) in [7, 11) is -4.25. The lowest BCUT2D eigenvalue weighted by atomic mass is 9.99. The Kier molecular flexibility index (Phi) is 10.0. The number of carbonyl (C=O) groups excluding carboxylic acids is 3. The van der Waals surface area contributed by atoms with E-state index in [2.05, 4.69) is 0 Å². The zero-order chi connectivity index (χ0) is 31.8. The molecule has 4 aromatic carbocycles. The Balaban J connectivity index is 1.46. The van der Waals surface area contributed by atoms with Crippen LogP contribution in [0.15, 0.2) is 120 Å². The molecule has 0 unspecified atom stereocenters. The Hall–Kier alpha value is -4.84. The van der Waals surface area contributed by atoms with Crippen molar-refractivity contribution in [1.29, 1.82) is 0 Å². The number of ether oxygens (including phenoxy) is 4. The number of hydrogen-bond donors (Lipinski definition) is 0. The minimum atomic E-state index is -4.25. The van der Waals surface area contributed by atoms with Gasteiger partial charge in [-0.25, -0.2) is 14.4 Å². The third-order valence-corrected chi connectivity index (χ3v) is 8.30. The highest BCUT2D eigenvalue weighted by atomic mass is 32.2. The molecular weight excluding hydrogens is 600 g/mol. The van der Waals surface area contributed by atoms with E-state index in [9.17, 15) is 22.8 Å². The molecule has 0 N–H and O–H groups in total.